The van der Waals surface area contributed by atoms with Crippen molar-refractivity contribution in [2.45, 2.75) is 0 Å². The molecule has 9 heteroatoms. The topological polar surface area (TPSA) is 123 Å². The maximum absolute atomic E-state index is 10.7. The fraction of sp³-hybridized carbons (Fsp3) is 0.222. The zero-order valence-electron chi connectivity index (χ0n) is 9.54. The van der Waals surface area contributed by atoms with E-state index in [4.69, 9.17) is 0 Å². The number of nitrogens with one attached hydrogen (secondary N) is 1. The van der Waals surface area contributed by atoms with Crippen LogP contribution in [0.1, 0.15) is 0 Å². The number of fused-ring (bicyclic) bond motifs is 1. The van der Waals surface area contributed by atoms with E-state index in [0.29, 0.717) is 0 Å². The Morgan fingerprint density at radius 1 is 1.33 bits per heavy atom. The van der Waals surface area contributed by atoms with Gasteiger partial charge in [-0.1, -0.05) is 6.07 Å². The molecule has 0 unspecified atom stereocenters. The van der Waals surface area contributed by atoms with E-state index in [-0.39, 0.29) is 16.8 Å². The van der Waals surface area contributed by atoms with Crippen molar-refractivity contribution in [2.24, 2.45) is 0 Å². The van der Waals surface area contributed by atoms with Gasteiger partial charge in [0.1, 0.15) is 9.84 Å². The van der Waals surface area contributed by atoms with Crippen LogP contribution in [-0.2, 0) is 9.84 Å². The average molecular weight is 274 g/mol. The van der Waals surface area contributed by atoms with Gasteiger partial charge in [0.25, 0.3) is 5.69 Å². The summed E-state index contributed by atoms with van der Waals surface area (Å²) in [6.45, 7) is 0. The predicted molar refractivity (Wildman–Crippen MR) is 64.3 cm³/mol. The summed E-state index contributed by atoms with van der Waals surface area (Å²) in [5.41, 5.74) is 0.153. The lowest BCUT2D eigenvalue weighted by Gasteiger charge is -1.89. The maximum atomic E-state index is 10.7. The van der Waals surface area contributed by atoms with E-state index in [1.165, 1.54) is 18.2 Å². The molecule has 0 bridgehead atoms. The number of aromatic amines is 1. The molecule has 0 aliphatic rings. The molecule has 0 saturated heterocycles. The van der Waals surface area contributed by atoms with Crippen LogP contribution in [0.3, 0.4) is 0 Å². The minimum atomic E-state index is -2.67. The number of hydrogen-bond acceptors (Lipinski definition) is 6. The zero-order valence-corrected chi connectivity index (χ0v) is 10.4. The van der Waals surface area contributed by atoms with Gasteiger partial charge < -0.3 is 4.42 Å². The van der Waals surface area contributed by atoms with E-state index in [0.717, 1.165) is 12.5 Å². The molecule has 98 valence electrons. The summed E-state index contributed by atoms with van der Waals surface area (Å²) in [5, 5.41) is 10.5. The first-order valence-corrected chi connectivity index (χ1v) is 6.89. The van der Waals surface area contributed by atoms with Crippen molar-refractivity contribution in [3.63, 3.8) is 0 Å². The van der Waals surface area contributed by atoms with Crippen molar-refractivity contribution in [1.82, 2.24) is 4.98 Å². The van der Waals surface area contributed by atoms with E-state index in [2.05, 4.69) is 9.40 Å². The third kappa shape index (κ3) is 4.01. The number of sulfone groups is 1. The lowest BCUT2D eigenvalue weighted by molar-refractivity contribution is -0.383. The number of non-ortho nitro benzene ring substituents is 1. The number of hydrogen-bond donors (Lipinski definition) is 1. The quantitative estimate of drug-likeness (QED) is 0.602. The van der Waals surface area contributed by atoms with Crippen molar-refractivity contribution in [3.8, 4) is 0 Å². The van der Waals surface area contributed by atoms with Crippen molar-refractivity contribution in [1.29, 1.82) is 0 Å². The van der Waals surface area contributed by atoms with Crippen LogP contribution in [0.15, 0.2) is 27.4 Å². The molecular formula is C9H10N2O6S. The van der Waals surface area contributed by atoms with Crippen LogP contribution in [-0.4, -0.2) is 30.8 Å². The Labute approximate surface area is 101 Å². The van der Waals surface area contributed by atoms with Crippen molar-refractivity contribution < 1.29 is 17.8 Å². The number of nitro benzene ring substituents is 1. The van der Waals surface area contributed by atoms with Gasteiger partial charge in [0.05, 0.1) is 4.92 Å². The number of benzene rings is 1. The molecule has 0 atom stereocenters. The average Bonchev–Trinajstić information content (AvgIpc) is 2.54. The van der Waals surface area contributed by atoms with Crippen LogP contribution in [0.2, 0.25) is 0 Å². The molecule has 1 aromatic carbocycles. The van der Waals surface area contributed by atoms with E-state index in [9.17, 15) is 23.3 Å². The smallest absolute Gasteiger partial charge is 0.408 e. The molecule has 0 saturated carbocycles. The summed E-state index contributed by atoms with van der Waals surface area (Å²) in [6, 6.07) is 4.24. The van der Waals surface area contributed by atoms with Gasteiger partial charge in [0, 0.05) is 18.6 Å². The molecular weight excluding hydrogens is 264 g/mol. The summed E-state index contributed by atoms with van der Waals surface area (Å²) < 4.78 is 23.9. The summed E-state index contributed by atoms with van der Waals surface area (Å²) >= 11 is 0. The second-order valence-electron chi connectivity index (χ2n) is 3.56. The first kappa shape index (κ1) is 13.9. The lowest BCUT2D eigenvalue weighted by Crippen LogP contribution is -1.94. The normalized spacial score (nSPS) is 10.8. The van der Waals surface area contributed by atoms with Crippen LogP contribution in [0, 0.1) is 10.1 Å². The van der Waals surface area contributed by atoms with Crippen molar-refractivity contribution in [3.05, 3.63) is 38.9 Å². The SMILES string of the molecule is CS(C)(=O)=O.O=c1[nH]c2c([N+](=O)[O-])cccc2o1. The Hall–Kier alpha value is -2.16. The lowest BCUT2D eigenvalue weighted by atomic mass is 10.3. The highest BCUT2D eigenvalue weighted by Gasteiger charge is 2.14. The van der Waals surface area contributed by atoms with Gasteiger partial charge in [0.2, 0.25) is 0 Å². The van der Waals surface area contributed by atoms with Crippen LogP contribution in [0.5, 0.6) is 0 Å². The van der Waals surface area contributed by atoms with Crippen molar-refractivity contribution >= 4 is 26.6 Å². The van der Waals surface area contributed by atoms with Gasteiger partial charge in [-0.05, 0) is 6.07 Å². The van der Waals surface area contributed by atoms with E-state index in [1.807, 2.05) is 0 Å². The highest BCUT2D eigenvalue weighted by atomic mass is 32.2. The molecule has 0 fully saturated rings. The molecule has 0 spiro atoms. The van der Waals surface area contributed by atoms with Gasteiger partial charge in [-0.15, -0.1) is 0 Å². The molecule has 0 aliphatic heterocycles. The molecule has 18 heavy (non-hydrogen) atoms. The van der Waals surface area contributed by atoms with Gasteiger partial charge in [-0.3, -0.25) is 15.1 Å². The Morgan fingerprint density at radius 3 is 2.39 bits per heavy atom. The number of rotatable bonds is 1. The van der Waals surface area contributed by atoms with Gasteiger partial charge in [-0.25, -0.2) is 13.2 Å². The summed E-state index contributed by atoms with van der Waals surface area (Å²) in [5.74, 6) is -0.690. The zero-order chi connectivity index (χ0) is 13.9. The number of oxazole rings is 1. The Kier molecular flexibility index (Phi) is 3.86. The second-order valence-corrected chi connectivity index (χ2v) is 5.85. The van der Waals surface area contributed by atoms with Crippen molar-refractivity contribution in [2.75, 3.05) is 12.5 Å². The standard InChI is InChI=1S/C7H4N2O4.C2H6O2S/c10-7-8-6-4(9(11)12)2-1-3-5(6)13-7;1-5(2,3)4/h1-3H,(H,8,10);1-2H3. The number of nitro groups is 1. The molecule has 2 rings (SSSR count). The van der Waals surface area contributed by atoms with E-state index in [1.54, 1.807) is 0 Å². The van der Waals surface area contributed by atoms with Gasteiger partial charge in [0.15, 0.2) is 11.1 Å². The molecule has 1 aromatic heterocycles. The first-order valence-electron chi connectivity index (χ1n) is 4.59. The summed E-state index contributed by atoms with van der Waals surface area (Å²) in [7, 11) is -2.67. The van der Waals surface area contributed by atoms with Gasteiger partial charge >= 0.3 is 5.76 Å². The Morgan fingerprint density at radius 2 is 1.89 bits per heavy atom. The minimum Gasteiger partial charge on any atom is -0.408 e. The fourth-order valence-corrected chi connectivity index (χ4v) is 1.11. The molecule has 1 heterocycles. The Balaban J connectivity index is 0.000000280. The van der Waals surface area contributed by atoms with Crippen LogP contribution < -0.4 is 5.76 Å². The number of H-pyrrole nitrogens is 1. The number of nitrogens with zero attached hydrogens (tertiary/aromatic N) is 1. The third-order valence-electron chi connectivity index (χ3n) is 1.63. The largest absolute Gasteiger partial charge is 0.417 e. The van der Waals surface area contributed by atoms with Crippen LogP contribution in [0.25, 0.3) is 11.1 Å². The highest BCUT2D eigenvalue weighted by molar-refractivity contribution is 7.89. The van der Waals surface area contributed by atoms with Gasteiger partial charge in [-0.2, -0.15) is 0 Å². The molecule has 8 nitrogen and oxygen atoms in total. The number of aromatic nitrogens is 1. The second kappa shape index (κ2) is 5.00. The predicted octanol–water partition coefficient (Wildman–Crippen LogP) is 0.690. The molecule has 0 amide bonds. The third-order valence-corrected chi connectivity index (χ3v) is 1.63. The Bertz CT molecular complexity index is 719. The molecule has 2 aromatic rings. The van der Waals surface area contributed by atoms with Crippen LogP contribution >= 0.6 is 0 Å². The van der Waals surface area contributed by atoms with Crippen LogP contribution in [0.4, 0.5) is 5.69 Å². The van der Waals surface area contributed by atoms with E-state index >= 15 is 0 Å². The minimum absolute atomic E-state index is 0.123. The maximum Gasteiger partial charge on any atom is 0.417 e. The highest BCUT2D eigenvalue weighted by Crippen LogP contribution is 2.21. The first-order chi connectivity index (χ1) is 8.18. The number of para-hydroxylation sites is 1. The molecule has 1 N–H and O–H groups in total. The fourth-order valence-electron chi connectivity index (χ4n) is 1.11. The summed E-state index contributed by atoms with van der Waals surface area (Å²) in [6.07, 6.45) is 2.32. The van der Waals surface area contributed by atoms with E-state index < -0.39 is 20.5 Å². The summed E-state index contributed by atoms with van der Waals surface area (Å²) in [4.78, 5) is 22.9. The molecule has 0 radical (unpaired) electrons. The monoisotopic (exact) mass is 274 g/mol. The molecule has 0 aliphatic carbocycles.